The zero-order valence-electron chi connectivity index (χ0n) is 9.12. The quantitative estimate of drug-likeness (QED) is 0.813. The van der Waals surface area contributed by atoms with E-state index in [2.05, 4.69) is 0 Å². The van der Waals surface area contributed by atoms with Crippen molar-refractivity contribution in [1.82, 2.24) is 0 Å². The van der Waals surface area contributed by atoms with Gasteiger partial charge in [0.05, 0.1) is 5.92 Å². The van der Waals surface area contributed by atoms with Crippen LogP contribution in [0.25, 0.3) is 0 Å². The third-order valence-corrected chi connectivity index (χ3v) is 3.28. The SMILES string of the molecule is Cc1cc2c(o1)CCCC2C(C)C(=O)O. The molecule has 1 aliphatic carbocycles. The van der Waals surface area contributed by atoms with Gasteiger partial charge in [0.1, 0.15) is 11.5 Å². The minimum atomic E-state index is -0.716. The van der Waals surface area contributed by atoms with Gasteiger partial charge in [-0.15, -0.1) is 0 Å². The lowest BCUT2D eigenvalue weighted by Crippen LogP contribution is -2.21. The fraction of sp³-hybridized carbons (Fsp3) is 0.583. The van der Waals surface area contributed by atoms with Gasteiger partial charge in [0.2, 0.25) is 0 Å². The molecule has 0 bridgehead atoms. The molecule has 1 aromatic heterocycles. The maximum Gasteiger partial charge on any atom is 0.306 e. The molecule has 3 nitrogen and oxygen atoms in total. The van der Waals surface area contributed by atoms with Crippen LogP contribution >= 0.6 is 0 Å². The Labute approximate surface area is 89.1 Å². The zero-order valence-corrected chi connectivity index (χ0v) is 9.12. The van der Waals surface area contributed by atoms with Crippen molar-refractivity contribution in [2.24, 2.45) is 5.92 Å². The Morgan fingerprint density at radius 1 is 1.67 bits per heavy atom. The summed E-state index contributed by atoms with van der Waals surface area (Å²) < 4.78 is 5.57. The average Bonchev–Trinajstić information content (AvgIpc) is 2.56. The van der Waals surface area contributed by atoms with Crippen molar-refractivity contribution in [1.29, 1.82) is 0 Å². The Bertz CT molecular complexity index is 378. The molecule has 1 aromatic rings. The lowest BCUT2D eigenvalue weighted by molar-refractivity contribution is -0.142. The Morgan fingerprint density at radius 2 is 2.40 bits per heavy atom. The van der Waals surface area contributed by atoms with E-state index >= 15 is 0 Å². The second-order valence-corrected chi connectivity index (χ2v) is 4.36. The molecule has 0 amide bonds. The maximum atomic E-state index is 11.0. The molecule has 0 aliphatic heterocycles. The summed E-state index contributed by atoms with van der Waals surface area (Å²) in [7, 11) is 0. The van der Waals surface area contributed by atoms with Crippen LogP contribution in [0.4, 0.5) is 0 Å². The standard InChI is InChI=1S/C12H16O3/c1-7-6-10-9(8(2)12(13)14)4-3-5-11(10)15-7/h6,8-9H,3-5H2,1-2H3,(H,13,14). The summed E-state index contributed by atoms with van der Waals surface area (Å²) >= 11 is 0. The molecule has 2 rings (SSSR count). The molecule has 82 valence electrons. The third-order valence-electron chi connectivity index (χ3n) is 3.28. The Kier molecular flexibility index (Phi) is 2.55. The number of aliphatic carboxylic acids is 1. The van der Waals surface area contributed by atoms with Crippen LogP contribution in [0.15, 0.2) is 10.5 Å². The number of carboxylic acids is 1. The first-order valence-corrected chi connectivity index (χ1v) is 5.41. The highest BCUT2D eigenvalue weighted by atomic mass is 16.4. The molecule has 0 radical (unpaired) electrons. The minimum Gasteiger partial charge on any atom is -0.481 e. The van der Waals surface area contributed by atoms with Gasteiger partial charge in [0.15, 0.2) is 0 Å². The van der Waals surface area contributed by atoms with Crippen molar-refractivity contribution < 1.29 is 14.3 Å². The van der Waals surface area contributed by atoms with Crippen LogP contribution in [0.5, 0.6) is 0 Å². The van der Waals surface area contributed by atoms with E-state index in [4.69, 9.17) is 9.52 Å². The summed E-state index contributed by atoms with van der Waals surface area (Å²) in [4.78, 5) is 11.0. The summed E-state index contributed by atoms with van der Waals surface area (Å²) in [6.07, 6.45) is 2.94. The molecule has 2 unspecified atom stereocenters. The fourth-order valence-corrected chi connectivity index (χ4v) is 2.42. The first-order chi connectivity index (χ1) is 7.09. The van der Waals surface area contributed by atoms with Crippen LogP contribution in [-0.4, -0.2) is 11.1 Å². The van der Waals surface area contributed by atoms with E-state index in [0.717, 1.165) is 36.3 Å². The van der Waals surface area contributed by atoms with E-state index in [1.807, 2.05) is 13.0 Å². The average molecular weight is 208 g/mol. The Hall–Kier alpha value is -1.25. The zero-order chi connectivity index (χ0) is 11.0. The van der Waals surface area contributed by atoms with Gasteiger partial charge in [-0.05, 0) is 31.4 Å². The van der Waals surface area contributed by atoms with Crippen molar-refractivity contribution in [2.75, 3.05) is 0 Å². The predicted molar refractivity (Wildman–Crippen MR) is 55.9 cm³/mol. The number of rotatable bonds is 2. The third kappa shape index (κ3) is 1.78. The first kappa shape index (κ1) is 10.3. The van der Waals surface area contributed by atoms with Crippen molar-refractivity contribution in [3.63, 3.8) is 0 Å². The van der Waals surface area contributed by atoms with Crippen molar-refractivity contribution >= 4 is 5.97 Å². The van der Waals surface area contributed by atoms with E-state index in [9.17, 15) is 4.79 Å². The van der Waals surface area contributed by atoms with E-state index < -0.39 is 5.97 Å². The number of hydrogen-bond acceptors (Lipinski definition) is 2. The lowest BCUT2D eigenvalue weighted by Gasteiger charge is -2.24. The number of fused-ring (bicyclic) bond motifs is 1. The second kappa shape index (κ2) is 3.72. The van der Waals surface area contributed by atoms with E-state index in [-0.39, 0.29) is 11.8 Å². The second-order valence-electron chi connectivity index (χ2n) is 4.36. The van der Waals surface area contributed by atoms with Gasteiger partial charge in [-0.3, -0.25) is 4.79 Å². The summed E-state index contributed by atoms with van der Waals surface area (Å²) in [5.41, 5.74) is 1.12. The van der Waals surface area contributed by atoms with E-state index in [1.54, 1.807) is 6.92 Å². The number of carboxylic acid groups (broad SMARTS) is 1. The van der Waals surface area contributed by atoms with Gasteiger partial charge >= 0.3 is 5.97 Å². The highest BCUT2D eigenvalue weighted by Gasteiger charge is 2.31. The van der Waals surface area contributed by atoms with Gasteiger partial charge < -0.3 is 9.52 Å². The monoisotopic (exact) mass is 208 g/mol. The van der Waals surface area contributed by atoms with Gasteiger partial charge in [-0.2, -0.15) is 0 Å². The molecule has 0 saturated heterocycles. The normalized spacial score (nSPS) is 22.1. The topological polar surface area (TPSA) is 50.4 Å². The molecular weight excluding hydrogens is 192 g/mol. The highest BCUT2D eigenvalue weighted by molar-refractivity contribution is 5.71. The Balaban J connectivity index is 2.33. The number of hydrogen-bond donors (Lipinski definition) is 1. The molecule has 1 heterocycles. The molecule has 1 N–H and O–H groups in total. The van der Waals surface area contributed by atoms with E-state index in [1.165, 1.54) is 0 Å². The number of aryl methyl sites for hydroxylation is 2. The van der Waals surface area contributed by atoms with Crippen LogP contribution in [0.2, 0.25) is 0 Å². The van der Waals surface area contributed by atoms with Crippen molar-refractivity contribution in [3.05, 3.63) is 23.2 Å². The van der Waals surface area contributed by atoms with Crippen molar-refractivity contribution in [2.45, 2.75) is 39.0 Å². The summed E-state index contributed by atoms with van der Waals surface area (Å²) in [6, 6.07) is 2.00. The molecule has 0 aromatic carbocycles. The Morgan fingerprint density at radius 3 is 3.07 bits per heavy atom. The molecule has 0 saturated carbocycles. The molecule has 15 heavy (non-hydrogen) atoms. The smallest absolute Gasteiger partial charge is 0.306 e. The number of furan rings is 1. The lowest BCUT2D eigenvalue weighted by atomic mass is 9.79. The molecule has 1 aliphatic rings. The molecule has 0 fully saturated rings. The molecule has 2 atom stereocenters. The largest absolute Gasteiger partial charge is 0.481 e. The van der Waals surface area contributed by atoms with Crippen molar-refractivity contribution in [3.8, 4) is 0 Å². The fourth-order valence-electron chi connectivity index (χ4n) is 2.42. The van der Waals surface area contributed by atoms with Crippen LogP contribution in [0.3, 0.4) is 0 Å². The van der Waals surface area contributed by atoms with E-state index in [0.29, 0.717) is 0 Å². The molecule has 0 spiro atoms. The minimum absolute atomic E-state index is 0.128. The summed E-state index contributed by atoms with van der Waals surface area (Å²) in [5.74, 6) is 0.984. The van der Waals surface area contributed by atoms with Crippen LogP contribution in [-0.2, 0) is 11.2 Å². The van der Waals surface area contributed by atoms with Gasteiger partial charge in [0.25, 0.3) is 0 Å². The highest BCUT2D eigenvalue weighted by Crippen LogP contribution is 2.38. The summed E-state index contributed by atoms with van der Waals surface area (Å²) in [6.45, 7) is 3.70. The van der Waals surface area contributed by atoms with Crippen LogP contribution in [0.1, 0.15) is 42.8 Å². The van der Waals surface area contributed by atoms with Gasteiger partial charge in [-0.1, -0.05) is 6.92 Å². The van der Waals surface area contributed by atoms with Crippen LogP contribution < -0.4 is 0 Å². The summed E-state index contributed by atoms with van der Waals surface area (Å²) in [5, 5.41) is 9.04. The molecule has 3 heteroatoms. The number of carbonyl (C=O) groups is 1. The van der Waals surface area contributed by atoms with Gasteiger partial charge in [0, 0.05) is 12.3 Å². The predicted octanol–water partition coefficient (Wildman–Crippen LogP) is 2.73. The van der Waals surface area contributed by atoms with Crippen LogP contribution in [0, 0.1) is 12.8 Å². The maximum absolute atomic E-state index is 11.0. The molecular formula is C12H16O3. The first-order valence-electron chi connectivity index (χ1n) is 5.41. The van der Waals surface area contributed by atoms with Gasteiger partial charge in [-0.25, -0.2) is 0 Å².